The second-order valence-electron chi connectivity index (χ2n) is 5.30. The summed E-state index contributed by atoms with van der Waals surface area (Å²) in [7, 11) is 4.30. The third kappa shape index (κ3) is 3.16. The maximum absolute atomic E-state index is 3.25. The highest BCUT2D eigenvalue weighted by Gasteiger charge is 2.36. The zero-order chi connectivity index (χ0) is 11.5. The molecule has 1 heterocycles. The van der Waals surface area contributed by atoms with Crippen LogP contribution in [0.2, 0.25) is 0 Å². The van der Waals surface area contributed by atoms with Crippen LogP contribution in [0.25, 0.3) is 0 Å². The van der Waals surface area contributed by atoms with Gasteiger partial charge in [-0.25, -0.2) is 0 Å². The summed E-state index contributed by atoms with van der Waals surface area (Å²) in [4.78, 5) is 5.12. The van der Waals surface area contributed by atoms with Crippen LogP contribution in [0.4, 0.5) is 0 Å². The van der Waals surface area contributed by atoms with Gasteiger partial charge in [-0.2, -0.15) is 0 Å². The molecule has 3 heteroatoms. The Morgan fingerprint density at radius 3 is 2.60 bits per heavy atom. The van der Waals surface area contributed by atoms with Gasteiger partial charge >= 0.3 is 0 Å². The fourth-order valence-corrected chi connectivity index (χ4v) is 2.47. The van der Waals surface area contributed by atoms with Crippen LogP contribution in [0.15, 0.2) is 0 Å². The predicted octanol–water partition coefficient (Wildman–Crippen LogP) is 1.01. The van der Waals surface area contributed by atoms with Crippen molar-refractivity contribution < 1.29 is 0 Å². The van der Waals surface area contributed by atoms with Gasteiger partial charge in [0.25, 0.3) is 0 Å². The molecule has 1 fully saturated rings. The van der Waals surface area contributed by atoms with Gasteiger partial charge in [-0.15, -0.1) is 0 Å². The molecule has 1 unspecified atom stereocenters. The predicted molar refractivity (Wildman–Crippen MR) is 66.3 cm³/mol. The average molecular weight is 213 g/mol. The number of nitrogens with one attached hydrogen (secondary N) is 1. The Balaban J connectivity index is 2.60. The molecule has 0 aromatic heterocycles. The molecule has 0 spiro atoms. The van der Waals surface area contributed by atoms with E-state index in [1.54, 1.807) is 0 Å². The van der Waals surface area contributed by atoms with Crippen LogP contribution < -0.4 is 5.32 Å². The van der Waals surface area contributed by atoms with Crippen LogP contribution in [-0.4, -0.2) is 61.7 Å². The number of rotatable bonds is 4. The van der Waals surface area contributed by atoms with E-state index in [-0.39, 0.29) is 0 Å². The molecule has 1 rings (SSSR count). The van der Waals surface area contributed by atoms with Gasteiger partial charge in [0, 0.05) is 24.7 Å². The molecule has 0 saturated carbocycles. The number of hydrogen-bond donors (Lipinski definition) is 1. The molecule has 1 aliphatic heterocycles. The minimum atomic E-state index is 0.312. The van der Waals surface area contributed by atoms with Crippen molar-refractivity contribution in [3.05, 3.63) is 0 Å². The van der Waals surface area contributed by atoms with Gasteiger partial charge in [-0.3, -0.25) is 4.90 Å². The Labute approximate surface area is 94.8 Å². The lowest BCUT2D eigenvalue weighted by Crippen LogP contribution is -2.62. The molecule has 0 aliphatic carbocycles. The summed E-state index contributed by atoms with van der Waals surface area (Å²) in [5.74, 6) is 0. The Bertz CT molecular complexity index is 191. The molecule has 1 atom stereocenters. The van der Waals surface area contributed by atoms with Gasteiger partial charge in [0.15, 0.2) is 0 Å². The number of hydrogen-bond acceptors (Lipinski definition) is 3. The molecule has 1 N–H and O–H groups in total. The molecule has 15 heavy (non-hydrogen) atoms. The van der Waals surface area contributed by atoms with E-state index in [2.05, 4.69) is 42.9 Å². The first-order chi connectivity index (χ1) is 7.01. The third-order valence-electron chi connectivity index (χ3n) is 3.76. The minimum Gasteiger partial charge on any atom is -0.320 e. The Morgan fingerprint density at radius 2 is 2.07 bits per heavy atom. The van der Waals surface area contributed by atoms with E-state index in [9.17, 15) is 0 Å². The summed E-state index contributed by atoms with van der Waals surface area (Å²) in [5, 5.41) is 3.25. The fraction of sp³-hybridized carbons (Fsp3) is 1.00. The molecule has 0 bridgehead atoms. The summed E-state index contributed by atoms with van der Waals surface area (Å²) in [6, 6.07) is 0.696. The van der Waals surface area contributed by atoms with Gasteiger partial charge in [0.1, 0.15) is 0 Å². The van der Waals surface area contributed by atoms with Gasteiger partial charge in [0.05, 0.1) is 0 Å². The molecule has 0 aromatic carbocycles. The van der Waals surface area contributed by atoms with Crippen LogP contribution in [0.3, 0.4) is 0 Å². The lowest BCUT2D eigenvalue weighted by Gasteiger charge is -2.50. The Morgan fingerprint density at radius 1 is 1.40 bits per heavy atom. The maximum atomic E-state index is 3.25. The number of piperazine rings is 1. The Kier molecular flexibility index (Phi) is 4.56. The van der Waals surface area contributed by atoms with Gasteiger partial charge < -0.3 is 10.2 Å². The third-order valence-corrected chi connectivity index (χ3v) is 3.76. The zero-order valence-electron chi connectivity index (χ0n) is 11.0. The minimum absolute atomic E-state index is 0.312. The van der Waals surface area contributed by atoms with E-state index in [1.807, 2.05) is 7.05 Å². The molecule has 1 saturated heterocycles. The smallest absolute Gasteiger partial charge is 0.0280 e. The summed E-state index contributed by atoms with van der Waals surface area (Å²) in [6.07, 6.45) is 1.24. The molecule has 0 radical (unpaired) electrons. The number of likely N-dealkylation sites (N-methyl/N-ethyl adjacent to an activating group) is 2. The van der Waals surface area contributed by atoms with Crippen molar-refractivity contribution in [1.29, 1.82) is 0 Å². The summed E-state index contributed by atoms with van der Waals surface area (Å²) in [5.41, 5.74) is 0.312. The quantitative estimate of drug-likeness (QED) is 0.752. The van der Waals surface area contributed by atoms with Gasteiger partial charge in [-0.05, 0) is 47.5 Å². The monoisotopic (exact) mass is 213 g/mol. The van der Waals surface area contributed by atoms with Crippen molar-refractivity contribution in [2.24, 2.45) is 0 Å². The van der Waals surface area contributed by atoms with Crippen molar-refractivity contribution in [3.63, 3.8) is 0 Å². The van der Waals surface area contributed by atoms with Crippen LogP contribution >= 0.6 is 0 Å². The first-order valence-electron chi connectivity index (χ1n) is 6.11. The van der Waals surface area contributed by atoms with E-state index in [0.29, 0.717) is 11.6 Å². The average Bonchev–Trinajstić information content (AvgIpc) is 2.20. The molecule has 0 aromatic rings. The SMILES string of the molecule is CCN1CC(CCNC)N(C)C(C)(C)C1. The first kappa shape index (κ1) is 12.9. The van der Waals surface area contributed by atoms with E-state index >= 15 is 0 Å². The summed E-state index contributed by atoms with van der Waals surface area (Å²) >= 11 is 0. The normalized spacial score (nSPS) is 28.2. The van der Waals surface area contributed by atoms with E-state index in [4.69, 9.17) is 0 Å². The lowest BCUT2D eigenvalue weighted by molar-refractivity contribution is -0.00665. The van der Waals surface area contributed by atoms with Crippen LogP contribution in [0.5, 0.6) is 0 Å². The van der Waals surface area contributed by atoms with E-state index in [0.717, 1.165) is 6.54 Å². The van der Waals surface area contributed by atoms with Crippen molar-refractivity contribution in [2.45, 2.75) is 38.8 Å². The van der Waals surface area contributed by atoms with Crippen molar-refractivity contribution in [1.82, 2.24) is 15.1 Å². The van der Waals surface area contributed by atoms with E-state index in [1.165, 1.54) is 26.1 Å². The van der Waals surface area contributed by atoms with E-state index < -0.39 is 0 Å². The molecule has 0 amide bonds. The van der Waals surface area contributed by atoms with Crippen molar-refractivity contribution >= 4 is 0 Å². The van der Waals surface area contributed by atoms with Crippen LogP contribution in [-0.2, 0) is 0 Å². The van der Waals surface area contributed by atoms with Gasteiger partial charge in [0.2, 0.25) is 0 Å². The first-order valence-corrected chi connectivity index (χ1v) is 6.11. The Hall–Kier alpha value is -0.120. The summed E-state index contributed by atoms with van der Waals surface area (Å²) < 4.78 is 0. The highest BCUT2D eigenvalue weighted by Crippen LogP contribution is 2.24. The van der Waals surface area contributed by atoms with Crippen LogP contribution in [0, 0.1) is 0 Å². The maximum Gasteiger partial charge on any atom is 0.0280 e. The molecule has 3 nitrogen and oxygen atoms in total. The highest BCUT2D eigenvalue weighted by atomic mass is 15.3. The molecule has 1 aliphatic rings. The van der Waals surface area contributed by atoms with Crippen molar-refractivity contribution in [3.8, 4) is 0 Å². The molecule has 90 valence electrons. The van der Waals surface area contributed by atoms with Crippen molar-refractivity contribution in [2.75, 3.05) is 40.3 Å². The largest absolute Gasteiger partial charge is 0.320 e. The fourth-order valence-electron chi connectivity index (χ4n) is 2.47. The van der Waals surface area contributed by atoms with Gasteiger partial charge in [-0.1, -0.05) is 6.92 Å². The topological polar surface area (TPSA) is 18.5 Å². The lowest BCUT2D eigenvalue weighted by atomic mass is 9.94. The molecular weight excluding hydrogens is 186 g/mol. The second kappa shape index (κ2) is 5.28. The standard InChI is InChI=1S/C12H27N3/c1-6-15-9-11(7-8-13-4)14(5)12(2,3)10-15/h11,13H,6-10H2,1-5H3. The van der Waals surface area contributed by atoms with Crippen LogP contribution in [0.1, 0.15) is 27.2 Å². The summed E-state index contributed by atoms with van der Waals surface area (Å²) in [6.45, 7) is 11.7. The molecular formula is C12H27N3. The number of nitrogens with zero attached hydrogens (tertiary/aromatic N) is 2. The second-order valence-corrected chi connectivity index (χ2v) is 5.30. The zero-order valence-corrected chi connectivity index (χ0v) is 11.0. The highest BCUT2D eigenvalue weighted by molar-refractivity contribution is 4.93.